The van der Waals surface area contributed by atoms with Crippen molar-refractivity contribution in [3.05, 3.63) is 105 Å². The zero-order valence-electron chi connectivity index (χ0n) is 20.1. The third-order valence-corrected chi connectivity index (χ3v) is 6.97. The summed E-state index contributed by atoms with van der Waals surface area (Å²) < 4.78 is 10.9. The molecule has 0 bridgehead atoms. The number of thioether (sulfide) groups is 1. The van der Waals surface area contributed by atoms with Gasteiger partial charge < -0.3 is 14.5 Å². The number of nitriles is 1. The molecule has 1 atom stereocenters. The third-order valence-electron chi connectivity index (χ3n) is 5.79. The fraction of sp³-hybridized carbons (Fsp3) is 0.179. The van der Waals surface area contributed by atoms with E-state index in [1.807, 2.05) is 62.4 Å². The number of anilines is 2. The molecule has 2 heterocycles. The van der Waals surface area contributed by atoms with Gasteiger partial charge in [0.1, 0.15) is 0 Å². The lowest BCUT2D eigenvalue weighted by Gasteiger charge is -2.30. The predicted octanol–water partition coefficient (Wildman–Crippen LogP) is 6.03. The van der Waals surface area contributed by atoms with Gasteiger partial charge in [0.2, 0.25) is 0 Å². The van der Waals surface area contributed by atoms with Crippen LogP contribution in [0.25, 0.3) is 0 Å². The fourth-order valence-corrected chi connectivity index (χ4v) is 5.09. The average Bonchev–Trinajstić information content (AvgIpc) is 3.38. The number of ether oxygens (including phenoxy) is 1. The van der Waals surface area contributed by atoms with Gasteiger partial charge in [-0.1, -0.05) is 59.8 Å². The molecule has 1 aliphatic heterocycles. The van der Waals surface area contributed by atoms with Gasteiger partial charge in [0, 0.05) is 28.1 Å². The molecule has 0 spiro atoms. The maximum absolute atomic E-state index is 13.8. The number of allylic oxidation sites excluding steroid dienone is 1. The number of carbonyl (C=O) groups excluding carboxylic acids is 2. The number of aryl methyl sites for hydroxylation is 2. The predicted molar refractivity (Wildman–Crippen MR) is 140 cm³/mol. The van der Waals surface area contributed by atoms with Gasteiger partial charge >= 0.3 is 0 Å². The first kappa shape index (κ1) is 24.9. The molecule has 1 aromatic heterocycles. The number of amides is 2. The van der Waals surface area contributed by atoms with Crippen LogP contribution >= 0.6 is 11.8 Å². The molecular formula is C28H25N3O4S. The second-order valence-corrected chi connectivity index (χ2v) is 9.29. The van der Waals surface area contributed by atoms with Crippen LogP contribution in [-0.4, -0.2) is 18.9 Å². The smallest absolute Gasteiger partial charge is 0.259 e. The van der Waals surface area contributed by atoms with E-state index in [0.717, 1.165) is 28.5 Å². The van der Waals surface area contributed by atoms with Crippen LogP contribution in [0.5, 0.6) is 0 Å². The van der Waals surface area contributed by atoms with Crippen molar-refractivity contribution in [1.82, 2.24) is 0 Å². The highest BCUT2D eigenvalue weighted by Gasteiger charge is 2.40. The quantitative estimate of drug-likeness (QED) is 0.411. The number of carbonyl (C=O) groups is 2. The van der Waals surface area contributed by atoms with E-state index in [4.69, 9.17) is 9.15 Å². The van der Waals surface area contributed by atoms with Crippen LogP contribution < -0.4 is 10.6 Å². The number of furan rings is 1. The zero-order chi connectivity index (χ0) is 25.7. The van der Waals surface area contributed by atoms with Crippen molar-refractivity contribution in [2.45, 2.75) is 26.2 Å². The maximum atomic E-state index is 13.8. The van der Waals surface area contributed by atoms with Gasteiger partial charge in [-0.05, 0) is 37.1 Å². The van der Waals surface area contributed by atoms with E-state index in [1.165, 1.54) is 13.4 Å². The Labute approximate surface area is 213 Å². The Balaban J connectivity index is 1.86. The second-order valence-electron chi connectivity index (χ2n) is 8.22. The summed E-state index contributed by atoms with van der Waals surface area (Å²) in [7, 11) is 1.47. The highest BCUT2D eigenvalue weighted by atomic mass is 32.2. The molecule has 1 aliphatic rings. The Morgan fingerprint density at radius 1 is 1.00 bits per heavy atom. The van der Waals surface area contributed by atoms with Crippen molar-refractivity contribution in [1.29, 1.82) is 5.26 Å². The van der Waals surface area contributed by atoms with Gasteiger partial charge in [-0.3, -0.25) is 14.9 Å². The summed E-state index contributed by atoms with van der Waals surface area (Å²) in [4.78, 5) is 27.9. The van der Waals surface area contributed by atoms with Crippen molar-refractivity contribution in [3.63, 3.8) is 0 Å². The first-order valence-corrected chi connectivity index (χ1v) is 12.1. The summed E-state index contributed by atoms with van der Waals surface area (Å²) in [5.74, 6) is -1.35. The van der Waals surface area contributed by atoms with Crippen molar-refractivity contribution in [2.24, 2.45) is 0 Å². The number of rotatable bonds is 7. The molecule has 0 saturated heterocycles. The lowest BCUT2D eigenvalue weighted by atomic mass is 9.82. The summed E-state index contributed by atoms with van der Waals surface area (Å²) in [5.41, 5.74) is 3.91. The Morgan fingerprint density at radius 3 is 2.36 bits per heavy atom. The van der Waals surface area contributed by atoms with E-state index in [2.05, 4.69) is 16.7 Å². The average molecular weight is 500 g/mol. The van der Waals surface area contributed by atoms with Crippen LogP contribution in [0.15, 0.2) is 92.5 Å². The summed E-state index contributed by atoms with van der Waals surface area (Å²) >= 11 is 1.12. The van der Waals surface area contributed by atoms with E-state index >= 15 is 0 Å². The molecule has 0 unspecified atom stereocenters. The van der Waals surface area contributed by atoms with Crippen molar-refractivity contribution < 1.29 is 18.7 Å². The Hall–Kier alpha value is -4.22. The molecular weight excluding hydrogens is 474 g/mol. The van der Waals surface area contributed by atoms with Gasteiger partial charge in [0.05, 0.1) is 31.4 Å². The minimum Gasteiger partial charge on any atom is -0.490 e. The number of hydrogen-bond acceptors (Lipinski definition) is 6. The second kappa shape index (κ2) is 11.0. The number of para-hydroxylation sites is 1. The number of nitrogens with one attached hydrogen (secondary N) is 2. The molecule has 2 aromatic carbocycles. The molecule has 4 rings (SSSR count). The van der Waals surface area contributed by atoms with Crippen LogP contribution in [-0.2, 0) is 14.3 Å². The van der Waals surface area contributed by atoms with E-state index in [-0.39, 0.29) is 23.8 Å². The van der Waals surface area contributed by atoms with Crippen LogP contribution in [0.2, 0.25) is 0 Å². The zero-order valence-corrected chi connectivity index (χ0v) is 20.9. The number of methoxy groups -OCH3 is 1. The van der Waals surface area contributed by atoms with Crippen molar-refractivity contribution in [2.75, 3.05) is 17.7 Å². The van der Waals surface area contributed by atoms with E-state index in [9.17, 15) is 14.9 Å². The highest BCUT2D eigenvalue weighted by Crippen LogP contribution is 2.49. The van der Waals surface area contributed by atoms with E-state index in [0.29, 0.717) is 21.3 Å². The molecule has 3 aromatic rings. The molecule has 182 valence electrons. The standard InChI is InChI=1S/C28H25N3O4S/c1-17-10-12-19(13-11-17)23-24(26(32)30-20-8-5-4-7-18(20)2)21(14-15-29)36-28(34-3)25(23)27(33)31-22-9-6-16-35-22/h4-13,16,23H,14H2,1-3H3,(H,30,32)(H,31,33)/t23-/m0/s1. The topological polar surface area (TPSA) is 104 Å². The normalized spacial score (nSPS) is 15.3. The molecule has 7 nitrogen and oxygen atoms in total. The largest absolute Gasteiger partial charge is 0.490 e. The van der Waals surface area contributed by atoms with Gasteiger partial charge in [-0.2, -0.15) is 5.26 Å². The molecule has 0 saturated carbocycles. The summed E-state index contributed by atoms with van der Waals surface area (Å²) in [6, 6.07) is 20.5. The van der Waals surface area contributed by atoms with Crippen LogP contribution in [0.3, 0.4) is 0 Å². The molecule has 2 N–H and O–H groups in total. The lowest BCUT2D eigenvalue weighted by molar-refractivity contribution is -0.113. The van der Waals surface area contributed by atoms with Crippen molar-refractivity contribution in [3.8, 4) is 6.07 Å². The molecule has 2 amide bonds. The van der Waals surface area contributed by atoms with Crippen LogP contribution in [0, 0.1) is 25.2 Å². The Kier molecular flexibility index (Phi) is 7.62. The van der Waals surface area contributed by atoms with Crippen LogP contribution in [0.4, 0.5) is 11.6 Å². The van der Waals surface area contributed by atoms with E-state index in [1.54, 1.807) is 12.1 Å². The SMILES string of the molecule is COC1=C(C(=O)Nc2ccco2)[C@@H](c2ccc(C)cc2)C(C(=O)Nc2ccccc2C)=C(CC#N)S1. The summed E-state index contributed by atoms with van der Waals surface area (Å²) in [6.07, 6.45) is 1.45. The molecule has 8 heteroatoms. The minimum atomic E-state index is -0.774. The van der Waals surface area contributed by atoms with Gasteiger partial charge in [0.15, 0.2) is 11.0 Å². The number of benzene rings is 2. The highest BCUT2D eigenvalue weighted by molar-refractivity contribution is 8.06. The molecule has 0 fully saturated rings. The van der Waals surface area contributed by atoms with Crippen molar-refractivity contribution >= 4 is 35.1 Å². The summed E-state index contributed by atoms with van der Waals surface area (Å²) in [6.45, 7) is 3.86. The number of nitrogens with zero attached hydrogens (tertiary/aromatic N) is 1. The molecule has 36 heavy (non-hydrogen) atoms. The van der Waals surface area contributed by atoms with Crippen LogP contribution in [0.1, 0.15) is 29.0 Å². The van der Waals surface area contributed by atoms with Gasteiger partial charge in [0.25, 0.3) is 11.8 Å². The first-order chi connectivity index (χ1) is 17.4. The Bertz CT molecular complexity index is 1380. The maximum Gasteiger partial charge on any atom is 0.259 e. The molecule has 0 aliphatic carbocycles. The van der Waals surface area contributed by atoms with Gasteiger partial charge in [-0.15, -0.1) is 0 Å². The lowest BCUT2D eigenvalue weighted by Crippen LogP contribution is -2.30. The summed E-state index contributed by atoms with van der Waals surface area (Å²) in [5, 5.41) is 15.6. The van der Waals surface area contributed by atoms with E-state index < -0.39 is 11.8 Å². The third kappa shape index (κ3) is 5.21. The molecule has 0 radical (unpaired) electrons. The number of hydrogen-bond donors (Lipinski definition) is 2. The first-order valence-electron chi connectivity index (χ1n) is 11.3. The minimum absolute atomic E-state index is 0.0104. The monoisotopic (exact) mass is 499 g/mol. The Morgan fingerprint density at radius 2 is 1.72 bits per heavy atom. The fourth-order valence-electron chi connectivity index (χ4n) is 4.01. The van der Waals surface area contributed by atoms with Gasteiger partial charge in [-0.25, -0.2) is 0 Å².